The third-order valence-electron chi connectivity index (χ3n) is 1.57. The van der Waals surface area contributed by atoms with Crippen LogP contribution in [0.5, 0.6) is 0 Å². The van der Waals surface area contributed by atoms with Gasteiger partial charge in [-0.3, -0.25) is 4.98 Å². The van der Waals surface area contributed by atoms with Crippen LogP contribution in [0.4, 0.5) is 0 Å². The summed E-state index contributed by atoms with van der Waals surface area (Å²) in [6.07, 6.45) is 2.27. The molecule has 0 bridgehead atoms. The van der Waals surface area contributed by atoms with Gasteiger partial charge in [0.05, 0.1) is 11.3 Å². The van der Waals surface area contributed by atoms with Crippen LogP contribution in [-0.2, 0) is 4.79 Å². The van der Waals surface area contributed by atoms with Crippen molar-refractivity contribution in [3.8, 4) is 6.07 Å². The first-order valence-corrected chi connectivity index (χ1v) is 3.92. The number of carboxylic acid groups (broad SMARTS) is 1. The summed E-state index contributed by atoms with van der Waals surface area (Å²) >= 11 is 0. The molecule has 0 aliphatic rings. The molecule has 0 unspecified atom stereocenters. The van der Waals surface area contributed by atoms with Crippen LogP contribution in [0.2, 0.25) is 0 Å². The Morgan fingerprint density at radius 3 is 2.93 bits per heavy atom. The van der Waals surface area contributed by atoms with Crippen molar-refractivity contribution >= 4 is 12.0 Å². The van der Waals surface area contributed by atoms with Gasteiger partial charge in [0.25, 0.3) is 0 Å². The van der Waals surface area contributed by atoms with E-state index in [0.29, 0.717) is 11.3 Å². The van der Waals surface area contributed by atoms with Gasteiger partial charge in [-0.05, 0) is 25.1 Å². The van der Waals surface area contributed by atoms with E-state index in [4.69, 9.17) is 10.4 Å². The number of carbonyl (C=O) groups is 1. The van der Waals surface area contributed by atoms with Gasteiger partial charge in [0.1, 0.15) is 6.07 Å². The minimum Gasteiger partial charge on any atom is -0.478 e. The maximum absolute atomic E-state index is 10.3. The Kier molecular flexibility index (Phi) is 2.97. The Bertz CT molecular complexity index is 430. The number of pyridine rings is 1. The molecule has 0 amide bonds. The second-order valence-corrected chi connectivity index (χ2v) is 2.67. The zero-order valence-corrected chi connectivity index (χ0v) is 7.56. The molecule has 4 heteroatoms. The molecule has 0 spiro atoms. The molecule has 14 heavy (non-hydrogen) atoms. The largest absolute Gasteiger partial charge is 0.478 e. The summed E-state index contributed by atoms with van der Waals surface area (Å²) in [6.45, 7) is 1.78. The first-order valence-electron chi connectivity index (χ1n) is 3.92. The first-order chi connectivity index (χ1) is 6.63. The number of carboxylic acids is 1. The van der Waals surface area contributed by atoms with E-state index < -0.39 is 5.97 Å². The first kappa shape index (κ1) is 9.93. The zero-order valence-electron chi connectivity index (χ0n) is 7.56. The summed E-state index contributed by atoms with van der Waals surface area (Å²) in [5.74, 6) is -1.06. The highest BCUT2D eigenvalue weighted by molar-refractivity contribution is 5.85. The predicted molar refractivity (Wildman–Crippen MR) is 50.4 cm³/mol. The van der Waals surface area contributed by atoms with Crippen LogP contribution in [0.3, 0.4) is 0 Å². The predicted octanol–water partition coefficient (Wildman–Crippen LogP) is 1.36. The number of aliphatic carboxylic acids is 1. The van der Waals surface area contributed by atoms with E-state index in [-0.39, 0.29) is 0 Å². The molecular weight excluding hydrogens is 180 g/mol. The van der Waals surface area contributed by atoms with Gasteiger partial charge in [0, 0.05) is 11.8 Å². The number of hydrogen-bond acceptors (Lipinski definition) is 3. The van der Waals surface area contributed by atoms with E-state index in [1.54, 1.807) is 19.1 Å². The Morgan fingerprint density at radius 2 is 2.36 bits per heavy atom. The van der Waals surface area contributed by atoms with Crippen LogP contribution in [0, 0.1) is 18.3 Å². The lowest BCUT2D eigenvalue weighted by atomic mass is 10.2. The molecule has 0 radical (unpaired) electrons. The van der Waals surface area contributed by atoms with Crippen molar-refractivity contribution in [2.45, 2.75) is 6.92 Å². The van der Waals surface area contributed by atoms with Gasteiger partial charge in [-0.25, -0.2) is 4.79 Å². The van der Waals surface area contributed by atoms with Gasteiger partial charge in [-0.1, -0.05) is 0 Å². The summed E-state index contributed by atoms with van der Waals surface area (Å²) in [6, 6.07) is 5.26. The number of nitriles is 1. The van der Waals surface area contributed by atoms with Crippen molar-refractivity contribution in [3.63, 3.8) is 0 Å². The lowest BCUT2D eigenvalue weighted by Crippen LogP contribution is -1.92. The average molecular weight is 188 g/mol. The molecule has 1 rings (SSSR count). The maximum atomic E-state index is 10.3. The molecule has 0 fully saturated rings. The van der Waals surface area contributed by atoms with Crippen molar-refractivity contribution in [2.75, 3.05) is 0 Å². The third-order valence-corrected chi connectivity index (χ3v) is 1.57. The van der Waals surface area contributed by atoms with Gasteiger partial charge in [0.2, 0.25) is 0 Å². The second-order valence-electron chi connectivity index (χ2n) is 2.67. The molecule has 4 nitrogen and oxygen atoms in total. The lowest BCUT2D eigenvalue weighted by Gasteiger charge is -1.97. The van der Waals surface area contributed by atoms with Crippen molar-refractivity contribution in [2.24, 2.45) is 0 Å². The molecular formula is C10H8N2O2. The highest BCUT2D eigenvalue weighted by atomic mass is 16.4. The second kappa shape index (κ2) is 4.19. The molecule has 1 N–H and O–H groups in total. The van der Waals surface area contributed by atoms with Crippen molar-refractivity contribution < 1.29 is 9.90 Å². The molecule has 0 aliphatic heterocycles. The molecule has 1 aromatic rings. The third kappa shape index (κ3) is 2.42. The highest BCUT2D eigenvalue weighted by Crippen LogP contribution is 2.07. The molecule has 0 saturated carbocycles. The zero-order chi connectivity index (χ0) is 10.6. The topological polar surface area (TPSA) is 74.0 Å². The summed E-state index contributed by atoms with van der Waals surface area (Å²) in [5, 5.41) is 17.1. The lowest BCUT2D eigenvalue weighted by molar-refractivity contribution is -0.131. The van der Waals surface area contributed by atoms with E-state index >= 15 is 0 Å². The van der Waals surface area contributed by atoms with Gasteiger partial charge in [0.15, 0.2) is 0 Å². The maximum Gasteiger partial charge on any atom is 0.328 e. The number of aryl methyl sites for hydroxylation is 1. The van der Waals surface area contributed by atoms with E-state index in [1.807, 2.05) is 6.07 Å². The minimum atomic E-state index is -1.06. The van der Waals surface area contributed by atoms with Gasteiger partial charge < -0.3 is 5.11 Å². The average Bonchev–Trinajstić information content (AvgIpc) is 2.15. The summed E-state index contributed by atoms with van der Waals surface area (Å²) in [5.41, 5.74) is 1.50. The number of hydrogen-bond donors (Lipinski definition) is 1. The fraction of sp³-hybridized carbons (Fsp3) is 0.100. The van der Waals surface area contributed by atoms with Crippen LogP contribution in [0.25, 0.3) is 6.08 Å². The fourth-order valence-corrected chi connectivity index (χ4v) is 0.949. The summed E-state index contributed by atoms with van der Waals surface area (Å²) in [7, 11) is 0. The number of rotatable bonds is 2. The van der Waals surface area contributed by atoms with Crippen molar-refractivity contribution in [3.05, 3.63) is 35.2 Å². The van der Waals surface area contributed by atoms with Crippen LogP contribution < -0.4 is 0 Å². The molecule has 0 aromatic carbocycles. The van der Waals surface area contributed by atoms with E-state index in [1.165, 1.54) is 6.08 Å². The minimum absolute atomic E-state index is 0.369. The van der Waals surface area contributed by atoms with Crippen LogP contribution >= 0.6 is 0 Å². The van der Waals surface area contributed by atoms with E-state index in [2.05, 4.69) is 4.98 Å². The van der Waals surface area contributed by atoms with Crippen LogP contribution in [-0.4, -0.2) is 16.1 Å². The van der Waals surface area contributed by atoms with Gasteiger partial charge in [-0.15, -0.1) is 0 Å². The summed E-state index contributed by atoms with van der Waals surface area (Å²) < 4.78 is 0. The SMILES string of the molecule is Cc1ccc(C#N)c(/C=C\C(=O)O)n1. The van der Waals surface area contributed by atoms with Crippen LogP contribution in [0.15, 0.2) is 18.2 Å². The molecule has 0 saturated heterocycles. The van der Waals surface area contributed by atoms with Crippen LogP contribution in [0.1, 0.15) is 17.0 Å². The molecule has 0 aliphatic carbocycles. The monoisotopic (exact) mass is 188 g/mol. The number of nitrogens with zero attached hydrogens (tertiary/aromatic N) is 2. The molecule has 1 aromatic heterocycles. The Morgan fingerprint density at radius 1 is 1.64 bits per heavy atom. The highest BCUT2D eigenvalue weighted by Gasteiger charge is 2.00. The normalized spacial score (nSPS) is 10.0. The molecule has 70 valence electrons. The quantitative estimate of drug-likeness (QED) is 0.711. The Hall–Kier alpha value is -2.15. The standard InChI is InChI=1S/C10H8N2O2/c1-7-2-3-8(6-11)9(12-7)4-5-10(13)14/h2-5H,1H3,(H,13,14)/b5-4-. The number of aromatic nitrogens is 1. The summed E-state index contributed by atoms with van der Waals surface area (Å²) in [4.78, 5) is 14.3. The Balaban J connectivity index is 3.13. The smallest absolute Gasteiger partial charge is 0.328 e. The van der Waals surface area contributed by atoms with Crippen molar-refractivity contribution in [1.29, 1.82) is 5.26 Å². The van der Waals surface area contributed by atoms with E-state index in [0.717, 1.165) is 11.8 Å². The van der Waals surface area contributed by atoms with Crippen molar-refractivity contribution in [1.82, 2.24) is 4.98 Å². The Labute approximate surface area is 81.1 Å². The molecule has 0 atom stereocenters. The van der Waals surface area contributed by atoms with E-state index in [9.17, 15) is 4.79 Å². The molecule has 1 heterocycles. The van der Waals surface area contributed by atoms with Gasteiger partial charge >= 0.3 is 5.97 Å². The fourth-order valence-electron chi connectivity index (χ4n) is 0.949. The van der Waals surface area contributed by atoms with Gasteiger partial charge in [-0.2, -0.15) is 5.26 Å².